The van der Waals surface area contributed by atoms with Gasteiger partial charge in [0.25, 0.3) is 0 Å². The standard InChI is InChI=1S/C13H9.2CH3.3Y/c1-3-7-12-10(5-1)9-11-6-2-4-8-13(11)12;;;;;/h1-9H;2*1H3;;;/q3*-1;;;. The van der Waals surface area contributed by atoms with Crippen LogP contribution >= 0.6 is 0 Å². The van der Waals surface area contributed by atoms with Gasteiger partial charge in [-0.2, -0.15) is 0 Å². The summed E-state index contributed by atoms with van der Waals surface area (Å²) in [5.74, 6) is 0. The summed E-state index contributed by atoms with van der Waals surface area (Å²) >= 11 is 0. The Morgan fingerprint density at radius 1 is 0.556 bits per heavy atom. The molecule has 18 heavy (non-hydrogen) atoms. The van der Waals surface area contributed by atoms with E-state index in [-0.39, 0.29) is 113 Å². The van der Waals surface area contributed by atoms with E-state index in [1.54, 1.807) is 0 Å². The van der Waals surface area contributed by atoms with Crippen LogP contribution in [0.1, 0.15) is 0 Å². The van der Waals surface area contributed by atoms with Crippen molar-refractivity contribution < 1.29 is 98.1 Å². The van der Waals surface area contributed by atoms with Gasteiger partial charge >= 0.3 is 0 Å². The van der Waals surface area contributed by atoms with Gasteiger partial charge in [-0.1, -0.05) is 36.4 Å². The van der Waals surface area contributed by atoms with Crippen LogP contribution in [-0.4, -0.2) is 0 Å². The van der Waals surface area contributed by atoms with Crippen LogP contribution in [0.15, 0.2) is 54.6 Å². The smallest absolute Gasteiger partial charge is 0 e. The summed E-state index contributed by atoms with van der Waals surface area (Å²) in [5, 5.41) is 5.39. The van der Waals surface area contributed by atoms with Gasteiger partial charge in [0.15, 0.2) is 0 Å². The van der Waals surface area contributed by atoms with E-state index >= 15 is 0 Å². The molecular weight excluding hydrogens is 447 g/mol. The van der Waals surface area contributed by atoms with Gasteiger partial charge < -0.3 is 14.9 Å². The third-order valence-electron chi connectivity index (χ3n) is 2.52. The molecule has 0 spiro atoms. The molecule has 0 saturated carbocycles. The monoisotopic (exact) mass is 462 g/mol. The minimum Gasteiger partial charge on any atom is -0.358 e. The maximum Gasteiger partial charge on any atom is 0 e. The van der Waals surface area contributed by atoms with E-state index in [4.69, 9.17) is 0 Å². The molecule has 0 saturated heterocycles. The minimum atomic E-state index is 0. The molecule has 0 fully saturated rings. The fourth-order valence-electron chi connectivity index (χ4n) is 1.90. The first-order valence-corrected chi connectivity index (χ1v) is 4.48. The minimum absolute atomic E-state index is 0. The van der Waals surface area contributed by atoms with Crippen LogP contribution < -0.4 is 0 Å². The van der Waals surface area contributed by atoms with Crippen molar-refractivity contribution in [3.63, 3.8) is 0 Å². The Kier molecular flexibility index (Phi) is 15.5. The Morgan fingerprint density at radius 3 is 1.28 bits per heavy atom. The van der Waals surface area contributed by atoms with Crippen LogP contribution in [0.4, 0.5) is 0 Å². The van der Waals surface area contributed by atoms with Crippen LogP contribution in [-0.2, 0) is 98.1 Å². The van der Waals surface area contributed by atoms with E-state index in [2.05, 4.69) is 54.6 Å². The molecule has 3 radical (unpaired) electrons. The zero-order valence-electron chi connectivity index (χ0n) is 10.9. The fourth-order valence-corrected chi connectivity index (χ4v) is 1.90. The van der Waals surface area contributed by atoms with E-state index in [0.29, 0.717) is 0 Å². The van der Waals surface area contributed by atoms with Crippen LogP contribution in [0.5, 0.6) is 0 Å². The SMILES string of the molecule is [CH3-].[CH3-].[Y].[Y].[Y].c1ccc2c(c1)[cH-]c1ccccc12. The van der Waals surface area contributed by atoms with E-state index in [9.17, 15) is 0 Å². The van der Waals surface area contributed by atoms with Gasteiger partial charge in [-0.15, -0.1) is 39.7 Å². The Balaban J connectivity index is -0.000000450. The van der Waals surface area contributed by atoms with Crippen LogP contribution in [0.2, 0.25) is 0 Å². The van der Waals surface area contributed by atoms with Gasteiger partial charge in [0, 0.05) is 98.1 Å². The first kappa shape index (κ1) is 24.6. The van der Waals surface area contributed by atoms with Crippen LogP contribution in [0.25, 0.3) is 21.5 Å². The van der Waals surface area contributed by atoms with Gasteiger partial charge in [0.2, 0.25) is 0 Å². The Hall–Kier alpha value is 1.62. The second-order valence-corrected chi connectivity index (χ2v) is 3.32. The first-order valence-electron chi connectivity index (χ1n) is 4.48. The summed E-state index contributed by atoms with van der Waals surface area (Å²) in [6.45, 7) is 0. The van der Waals surface area contributed by atoms with Crippen molar-refractivity contribution in [3.05, 3.63) is 69.5 Å². The van der Waals surface area contributed by atoms with Gasteiger partial charge in [-0.25, -0.2) is 0 Å². The molecule has 0 bridgehead atoms. The Morgan fingerprint density at radius 2 is 0.889 bits per heavy atom. The summed E-state index contributed by atoms with van der Waals surface area (Å²) in [5.41, 5.74) is 0. The molecule has 0 heterocycles. The van der Waals surface area contributed by atoms with Crippen molar-refractivity contribution in [1.29, 1.82) is 0 Å². The number of fused-ring (bicyclic) bond motifs is 3. The Bertz CT molecular complexity index is 519. The topological polar surface area (TPSA) is 0 Å². The maximum atomic E-state index is 2.24. The quantitative estimate of drug-likeness (QED) is 0.429. The summed E-state index contributed by atoms with van der Waals surface area (Å²) in [6.07, 6.45) is 0. The summed E-state index contributed by atoms with van der Waals surface area (Å²) in [6, 6.07) is 19.3. The fraction of sp³-hybridized carbons (Fsp3) is 0. The normalized spacial score (nSPS) is 8.00. The molecular formula is C15H15Y3-3. The number of hydrogen-bond acceptors (Lipinski definition) is 0. The van der Waals surface area contributed by atoms with Crippen molar-refractivity contribution in [1.82, 2.24) is 0 Å². The largest absolute Gasteiger partial charge is 0.358 e. The molecule has 3 heteroatoms. The summed E-state index contributed by atoms with van der Waals surface area (Å²) in [7, 11) is 0. The van der Waals surface area contributed by atoms with Crippen LogP contribution in [0, 0.1) is 14.9 Å². The van der Waals surface area contributed by atoms with Crippen molar-refractivity contribution in [2.75, 3.05) is 0 Å². The molecule has 0 aliphatic heterocycles. The van der Waals surface area contributed by atoms with Crippen molar-refractivity contribution in [3.8, 4) is 0 Å². The second kappa shape index (κ2) is 11.3. The first-order chi connectivity index (χ1) is 6.45. The molecule has 0 N–H and O–H groups in total. The zero-order chi connectivity index (χ0) is 8.67. The average Bonchev–Trinajstić information content (AvgIpc) is 2.56. The Labute approximate surface area is 186 Å². The molecule has 0 atom stereocenters. The number of hydrogen-bond donors (Lipinski definition) is 0. The summed E-state index contributed by atoms with van der Waals surface area (Å²) in [4.78, 5) is 0. The molecule has 87 valence electrons. The van der Waals surface area contributed by atoms with Crippen molar-refractivity contribution >= 4 is 21.5 Å². The predicted octanol–water partition coefficient (Wildman–Crippen LogP) is 4.60. The van der Waals surface area contributed by atoms with E-state index in [0.717, 1.165) is 0 Å². The average molecular weight is 462 g/mol. The van der Waals surface area contributed by atoms with E-state index in [1.807, 2.05) is 0 Å². The third-order valence-corrected chi connectivity index (χ3v) is 2.52. The predicted molar refractivity (Wildman–Crippen MR) is 69.9 cm³/mol. The molecule has 0 aliphatic rings. The molecule has 0 aromatic heterocycles. The van der Waals surface area contributed by atoms with Gasteiger partial charge in [0.1, 0.15) is 0 Å². The van der Waals surface area contributed by atoms with Gasteiger partial charge in [-0.05, 0) is 0 Å². The zero-order valence-corrected chi connectivity index (χ0v) is 19.4. The molecule has 0 nitrogen and oxygen atoms in total. The molecule has 3 rings (SSSR count). The molecule has 3 aromatic rings. The van der Waals surface area contributed by atoms with Gasteiger partial charge in [0.05, 0.1) is 0 Å². The van der Waals surface area contributed by atoms with Crippen molar-refractivity contribution in [2.45, 2.75) is 0 Å². The maximum absolute atomic E-state index is 2.24. The second-order valence-electron chi connectivity index (χ2n) is 3.32. The third kappa shape index (κ3) is 4.87. The molecule has 0 unspecified atom stereocenters. The number of rotatable bonds is 0. The van der Waals surface area contributed by atoms with Crippen molar-refractivity contribution in [2.24, 2.45) is 0 Å². The molecule has 0 aliphatic carbocycles. The van der Waals surface area contributed by atoms with E-state index in [1.165, 1.54) is 21.5 Å². The summed E-state index contributed by atoms with van der Waals surface area (Å²) < 4.78 is 0. The molecule has 0 amide bonds. The van der Waals surface area contributed by atoms with Gasteiger partial charge in [-0.3, -0.25) is 0 Å². The molecule has 3 aromatic carbocycles. The van der Waals surface area contributed by atoms with Crippen LogP contribution in [0.3, 0.4) is 0 Å². The van der Waals surface area contributed by atoms with E-state index < -0.39 is 0 Å². The number of benzene rings is 2.